The highest BCUT2D eigenvalue weighted by Crippen LogP contribution is 2.36. The zero-order valence-electron chi connectivity index (χ0n) is 27.0. The molecule has 0 bridgehead atoms. The van der Waals surface area contributed by atoms with E-state index in [0.29, 0.717) is 11.8 Å². The third-order valence-electron chi connectivity index (χ3n) is 9.99. The Labute approximate surface area is 253 Å². The normalized spacial score (nSPS) is 26.4. The molecule has 0 N–H and O–H groups in total. The topological polar surface area (TPSA) is 36.9 Å². The van der Waals surface area contributed by atoms with Crippen LogP contribution in [0.3, 0.4) is 0 Å². The van der Waals surface area contributed by atoms with Gasteiger partial charge in [-0.25, -0.2) is 0 Å². The summed E-state index contributed by atoms with van der Waals surface area (Å²) in [6, 6.07) is 18.2. The number of hydrogen-bond donors (Lipinski definition) is 0. The lowest BCUT2D eigenvalue weighted by atomic mass is 9.86. The zero-order valence-corrected chi connectivity index (χ0v) is 27.0. The monoisotopic (exact) mass is 570 g/mol. The van der Waals surface area contributed by atoms with Crippen molar-refractivity contribution in [3.8, 4) is 22.3 Å². The predicted octanol–water partition coefficient (Wildman–Crippen LogP) is 8.91. The van der Waals surface area contributed by atoms with Crippen molar-refractivity contribution in [1.82, 2.24) is 0 Å². The van der Waals surface area contributed by atoms with Gasteiger partial charge in [0.25, 0.3) is 0 Å². The largest absolute Gasteiger partial charge is 0.352 e. The highest BCUT2D eigenvalue weighted by Gasteiger charge is 2.26. The van der Waals surface area contributed by atoms with Crippen molar-refractivity contribution < 1.29 is 18.9 Å². The van der Waals surface area contributed by atoms with Crippen LogP contribution in [0.1, 0.15) is 73.9 Å². The molecule has 0 aromatic heterocycles. The molecule has 6 atom stereocenters. The summed E-state index contributed by atoms with van der Waals surface area (Å²) < 4.78 is 23.9. The molecular weight excluding hydrogens is 520 g/mol. The summed E-state index contributed by atoms with van der Waals surface area (Å²) in [7, 11) is 0. The van der Waals surface area contributed by atoms with Gasteiger partial charge in [-0.3, -0.25) is 0 Å². The maximum absolute atomic E-state index is 6.08. The molecule has 2 heterocycles. The molecule has 5 rings (SSSR count). The molecule has 2 aliphatic heterocycles. The summed E-state index contributed by atoms with van der Waals surface area (Å²) in [6.45, 7) is 19.3. The van der Waals surface area contributed by atoms with Crippen LogP contribution in [-0.2, 0) is 31.8 Å². The molecule has 0 aliphatic carbocycles. The molecule has 4 nitrogen and oxygen atoms in total. The van der Waals surface area contributed by atoms with E-state index >= 15 is 0 Å². The Morgan fingerprint density at radius 2 is 1.02 bits per heavy atom. The first kappa shape index (κ1) is 30.9. The van der Waals surface area contributed by atoms with Crippen LogP contribution in [0.5, 0.6) is 0 Å². The Kier molecular flexibility index (Phi) is 9.89. The first-order chi connectivity index (χ1) is 20.1. The number of ether oxygens (including phenoxy) is 4. The lowest BCUT2D eigenvalue weighted by molar-refractivity contribution is -0.230. The Morgan fingerprint density at radius 1 is 0.548 bits per heavy atom. The van der Waals surface area contributed by atoms with Gasteiger partial charge >= 0.3 is 0 Å². The van der Waals surface area contributed by atoms with E-state index in [1.54, 1.807) is 0 Å². The standard InChI is InChI=1S/C38H50O4/c1-23-21-39-37(41-29(23)7)19-11-31-9-12-33(13-10-31)34-17-18-36(28(6)27(34)5)35-16-14-32(25(3)26(35)4)15-20-38-40-22-24(2)30(8)42-38/h9-10,12-14,16-18,23-24,29-30,37-38H,11,15,19-22H2,1-8H3. The average Bonchev–Trinajstić information content (AvgIpc) is 2.98. The second-order valence-corrected chi connectivity index (χ2v) is 12.9. The van der Waals surface area contributed by atoms with Crippen LogP contribution in [-0.4, -0.2) is 38.0 Å². The summed E-state index contributed by atoms with van der Waals surface area (Å²) in [6.07, 6.45) is 4.02. The minimum absolute atomic E-state index is 0.0952. The Morgan fingerprint density at radius 3 is 1.60 bits per heavy atom. The van der Waals surface area contributed by atoms with Crippen molar-refractivity contribution in [3.63, 3.8) is 0 Å². The Hall–Kier alpha value is -2.50. The van der Waals surface area contributed by atoms with E-state index in [1.807, 2.05) is 0 Å². The smallest absolute Gasteiger partial charge is 0.158 e. The lowest BCUT2D eigenvalue weighted by Gasteiger charge is -2.33. The molecule has 6 unspecified atom stereocenters. The minimum atomic E-state index is -0.102. The zero-order chi connectivity index (χ0) is 30.0. The second kappa shape index (κ2) is 13.4. The van der Waals surface area contributed by atoms with Crippen LogP contribution in [0.4, 0.5) is 0 Å². The number of hydrogen-bond acceptors (Lipinski definition) is 4. The van der Waals surface area contributed by atoms with Crippen molar-refractivity contribution in [2.24, 2.45) is 11.8 Å². The predicted molar refractivity (Wildman–Crippen MR) is 172 cm³/mol. The fourth-order valence-electron chi connectivity index (χ4n) is 6.19. The van der Waals surface area contributed by atoms with E-state index < -0.39 is 0 Å². The van der Waals surface area contributed by atoms with E-state index in [9.17, 15) is 0 Å². The highest BCUT2D eigenvalue weighted by atomic mass is 16.7. The fourth-order valence-corrected chi connectivity index (χ4v) is 6.19. The molecule has 4 heteroatoms. The van der Waals surface area contributed by atoms with Gasteiger partial charge < -0.3 is 18.9 Å². The van der Waals surface area contributed by atoms with Gasteiger partial charge in [-0.1, -0.05) is 62.4 Å². The van der Waals surface area contributed by atoms with Crippen molar-refractivity contribution in [1.29, 1.82) is 0 Å². The van der Waals surface area contributed by atoms with Crippen LogP contribution in [0.2, 0.25) is 0 Å². The Bertz CT molecular complexity index is 1360. The average molecular weight is 571 g/mol. The van der Waals surface area contributed by atoms with E-state index in [0.717, 1.165) is 38.9 Å². The summed E-state index contributed by atoms with van der Waals surface area (Å²) in [5.41, 5.74) is 13.3. The number of aryl methyl sites for hydroxylation is 2. The van der Waals surface area contributed by atoms with Gasteiger partial charge in [-0.05, 0) is 110 Å². The van der Waals surface area contributed by atoms with Gasteiger partial charge in [0.15, 0.2) is 12.6 Å². The van der Waals surface area contributed by atoms with Gasteiger partial charge in [0.05, 0.1) is 25.4 Å². The molecule has 42 heavy (non-hydrogen) atoms. The van der Waals surface area contributed by atoms with E-state index in [2.05, 4.69) is 104 Å². The second-order valence-electron chi connectivity index (χ2n) is 12.9. The van der Waals surface area contributed by atoms with Gasteiger partial charge in [0.1, 0.15) is 0 Å². The summed E-state index contributed by atoms with van der Waals surface area (Å²) in [5.74, 6) is 0.915. The van der Waals surface area contributed by atoms with Crippen LogP contribution in [0.25, 0.3) is 22.3 Å². The quantitative estimate of drug-likeness (QED) is 0.271. The van der Waals surface area contributed by atoms with Crippen LogP contribution in [0.15, 0.2) is 48.5 Å². The summed E-state index contributed by atoms with van der Waals surface area (Å²) in [4.78, 5) is 0. The van der Waals surface area contributed by atoms with E-state index in [1.165, 1.54) is 55.6 Å². The maximum Gasteiger partial charge on any atom is 0.158 e. The van der Waals surface area contributed by atoms with Gasteiger partial charge in [-0.2, -0.15) is 0 Å². The van der Waals surface area contributed by atoms with Crippen LogP contribution < -0.4 is 0 Å². The number of rotatable bonds is 8. The van der Waals surface area contributed by atoms with Crippen molar-refractivity contribution in [2.45, 2.75) is 106 Å². The third-order valence-corrected chi connectivity index (χ3v) is 9.99. The summed E-state index contributed by atoms with van der Waals surface area (Å²) >= 11 is 0. The van der Waals surface area contributed by atoms with Crippen molar-refractivity contribution in [3.05, 3.63) is 81.9 Å². The fraction of sp³-hybridized carbons (Fsp3) is 0.526. The maximum atomic E-state index is 6.08. The summed E-state index contributed by atoms with van der Waals surface area (Å²) in [5, 5.41) is 0. The van der Waals surface area contributed by atoms with Crippen molar-refractivity contribution in [2.75, 3.05) is 13.2 Å². The molecule has 0 amide bonds. The molecule has 2 saturated heterocycles. The highest BCUT2D eigenvalue weighted by molar-refractivity contribution is 5.79. The lowest BCUT2D eigenvalue weighted by Crippen LogP contribution is -2.37. The number of benzene rings is 3. The molecular formula is C38H50O4. The van der Waals surface area contributed by atoms with Crippen LogP contribution in [0, 0.1) is 39.5 Å². The SMILES string of the molecule is Cc1c(CCC2OCC(C)C(C)O2)ccc(-c2ccc(-c3ccc(CCC4OCC(C)C(C)O4)cc3)c(C)c2C)c1C. The third kappa shape index (κ3) is 6.83. The van der Waals surface area contributed by atoms with E-state index in [4.69, 9.17) is 18.9 Å². The molecule has 0 radical (unpaired) electrons. The molecule has 0 spiro atoms. The first-order valence-corrected chi connectivity index (χ1v) is 16.0. The molecule has 226 valence electrons. The minimum Gasteiger partial charge on any atom is -0.352 e. The molecule has 3 aromatic carbocycles. The van der Waals surface area contributed by atoms with Gasteiger partial charge in [-0.15, -0.1) is 0 Å². The van der Waals surface area contributed by atoms with E-state index in [-0.39, 0.29) is 24.8 Å². The van der Waals surface area contributed by atoms with Crippen LogP contribution >= 0.6 is 0 Å². The molecule has 0 saturated carbocycles. The van der Waals surface area contributed by atoms with Crippen molar-refractivity contribution >= 4 is 0 Å². The van der Waals surface area contributed by atoms with Gasteiger partial charge in [0.2, 0.25) is 0 Å². The Balaban J connectivity index is 1.25. The first-order valence-electron chi connectivity index (χ1n) is 16.0. The molecule has 3 aromatic rings. The molecule has 2 aliphatic rings. The molecule has 2 fully saturated rings. The van der Waals surface area contributed by atoms with Gasteiger partial charge in [0, 0.05) is 24.7 Å².